The molecule has 27 heavy (non-hydrogen) atoms. The highest BCUT2D eigenvalue weighted by molar-refractivity contribution is 5.72. The number of non-ortho nitro benzene ring substituents is 1. The zero-order valence-corrected chi connectivity index (χ0v) is 15.2. The minimum absolute atomic E-state index is 0.0240. The van der Waals surface area contributed by atoms with Crippen molar-refractivity contribution in [3.8, 4) is 17.2 Å². The van der Waals surface area contributed by atoms with E-state index < -0.39 is 16.9 Å². The summed E-state index contributed by atoms with van der Waals surface area (Å²) in [7, 11) is 0. The van der Waals surface area contributed by atoms with Crippen molar-refractivity contribution in [2.24, 2.45) is 0 Å². The standard InChI is InChI=1S/C19H19NO7/c1-12-10-19(27-14(3)22)15(11-18(12)26-13(2)21)8-9-25-17-6-4-16(5-7-17)20(23)24/h4-7,10-11H,8-9H2,1-3H3. The number of esters is 2. The molecule has 0 spiro atoms. The number of rotatable bonds is 7. The van der Waals surface area contributed by atoms with Crippen LogP contribution in [0.3, 0.4) is 0 Å². The highest BCUT2D eigenvalue weighted by Crippen LogP contribution is 2.29. The molecule has 0 radical (unpaired) electrons. The Balaban J connectivity index is 2.13. The number of ether oxygens (including phenoxy) is 3. The van der Waals surface area contributed by atoms with Crippen LogP contribution in [0.4, 0.5) is 5.69 Å². The molecule has 0 saturated heterocycles. The summed E-state index contributed by atoms with van der Waals surface area (Å²) in [5, 5.41) is 10.7. The molecule has 8 nitrogen and oxygen atoms in total. The van der Waals surface area contributed by atoms with Gasteiger partial charge in [-0.05, 0) is 36.8 Å². The second-order valence-corrected chi connectivity index (χ2v) is 5.76. The lowest BCUT2D eigenvalue weighted by Gasteiger charge is -2.14. The number of benzene rings is 2. The molecule has 8 heteroatoms. The summed E-state index contributed by atoms with van der Waals surface area (Å²) >= 11 is 0. The maximum absolute atomic E-state index is 11.3. The Labute approximate surface area is 155 Å². The normalized spacial score (nSPS) is 10.2. The zero-order chi connectivity index (χ0) is 20.0. The van der Waals surface area contributed by atoms with Crippen molar-refractivity contribution in [3.63, 3.8) is 0 Å². The number of hydrogen-bond donors (Lipinski definition) is 0. The summed E-state index contributed by atoms with van der Waals surface area (Å²) < 4.78 is 16.0. The number of carbonyl (C=O) groups excluding carboxylic acids is 2. The van der Waals surface area contributed by atoms with Crippen LogP contribution in [0.15, 0.2) is 36.4 Å². The Morgan fingerprint density at radius 1 is 1.00 bits per heavy atom. The highest BCUT2D eigenvalue weighted by atomic mass is 16.6. The number of hydrogen-bond acceptors (Lipinski definition) is 7. The quantitative estimate of drug-likeness (QED) is 0.317. The Morgan fingerprint density at radius 2 is 1.59 bits per heavy atom. The minimum Gasteiger partial charge on any atom is -0.493 e. The van der Waals surface area contributed by atoms with Crippen molar-refractivity contribution in [1.29, 1.82) is 0 Å². The Morgan fingerprint density at radius 3 is 2.15 bits per heavy atom. The van der Waals surface area contributed by atoms with E-state index >= 15 is 0 Å². The first-order chi connectivity index (χ1) is 12.8. The molecule has 0 unspecified atom stereocenters. The van der Waals surface area contributed by atoms with Gasteiger partial charge in [-0.15, -0.1) is 0 Å². The summed E-state index contributed by atoms with van der Waals surface area (Å²) in [4.78, 5) is 32.7. The van der Waals surface area contributed by atoms with E-state index in [9.17, 15) is 19.7 Å². The van der Waals surface area contributed by atoms with Crippen LogP contribution in [-0.4, -0.2) is 23.5 Å². The van der Waals surface area contributed by atoms with Gasteiger partial charge in [-0.25, -0.2) is 0 Å². The molecule has 0 aromatic heterocycles. The fourth-order valence-electron chi connectivity index (χ4n) is 2.36. The smallest absolute Gasteiger partial charge is 0.308 e. The van der Waals surface area contributed by atoms with Gasteiger partial charge in [-0.1, -0.05) is 0 Å². The molecular formula is C19H19NO7. The monoisotopic (exact) mass is 373 g/mol. The van der Waals surface area contributed by atoms with Crippen LogP contribution in [0.25, 0.3) is 0 Å². The van der Waals surface area contributed by atoms with Crippen molar-refractivity contribution in [2.75, 3.05) is 6.61 Å². The molecule has 2 aromatic rings. The molecular weight excluding hydrogens is 354 g/mol. The van der Waals surface area contributed by atoms with E-state index in [1.807, 2.05) is 0 Å². The van der Waals surface area contributed by atoms with Gasteiger partial charge in [0.1, 0.15) is 17.2 Å². The maximum Gasteiger partial charge on any atom is 0.308 e. The molecule has 2 rings (SSSR count). The molecule has 0 amide bonds. The number of carbonyl (C=O) groups is 2. The predicted octanol–water partition coefficient (Wildman–Crippen LogP) is 3.38. The first-order valence-electron chi connectivity index (χ1n) is 8.14. The average molecular weight is 373 g/mol. The molecule has 0 fully saturated rings. The third kappa shape index (κ3) is 5.81. The highest BCUT2D eigenvalue weighted by Gasteiger charge is 2.13. The summed E-state index contributed by atoms with van der Waals surface area (Å²) in [6.45, 7) is 4.57. The lowest BCUT2D eigenvalue weighted by atomic mass is 10.1. The van der Waals surface area contributed by atoms with Gasteiger partial charge in [0.2, 0.25) is 0 Å². The van der Waals surface area contributed by atoms with Gasteiger partial charge in [0.05, 0.1) is 11.5 Å². The number of nitro benzene ring substituents is 1. The van der Waals surface area contributed by atoms with Crippen LogP contribution < -0.4 is 14.2 Å². The molecule has 2 aromatic carbocycles. The first-order valence-corrected chi connectivity index (χ1v) is 8.14. The van der Waals surface area contributed by atoms with E-state index in [1.165, 1.54) is 38.1 Å². The van der Waals surface area contributed by atoms with Crippen molar-refractivity contribution in [1.82, 2.24) is 0 Å². The molecule has 0 heterocycles. The Kier molecular flexibility index (Phi) is 6.48. The van der Waals surface area contributed by atoms with Crippen LogP contribution in [0, 0.1) is 17.0 Å². The lowest BCUT2D eigenvalue weighted by Crippen LogP contribution is -2.09. The molecule has 0 saturated carbocycles. The Hall–Kier alpha value is -3.42. The van der Waals surface area contributed by atoms with Gasteiger partial charge in [-0.3, -0.25) is 19.7 Å². The second kappa shape index (κ2) is 8.79. The van der Waals surface area contributed by atoms with E-state index in [4.69, 9.17) is 14.2 Å². The van der Waals surface area contributed by atoms with Crippen LogP contribution in [0.1, 0.15) is 25.0 Å². The van der Waals surface area contributed by atoms with Gasteiger partial charge in [0.15, 0.2) is 0 Å². The van der Waals surface area contributed by atoms with E-state index in [0.29, 0.717) is 34.8 Å². The molecule has 0 aliphatic carbocycles. The fraction of sp³-hybridized carbons (Fsp3) is 0.263. The summed E-state index contributed by atoms with van der Waals surface area (Å²) in [6.07, 6.45) is 0.369. The van der Waals surface area contributed by atoms with Crippen LogP contribution in [0.2, 0.25) is 0 Å². The number of nitro groups is 1. The third-order valence-electron chi connectivity index (χ3n) is 3.55. The SMILES string of the molecule is CC(=O)Oc1cc(CCOc2ccc([N+](=O)[O-])cc2)c(OC(C)=O)cc1C. The molecule has 0 N–H and O–H groups in total. The van der Waals surface area contributed by atoms with Crippen molar-refractivity contribution < 1.29 is 28.7 Å². The van der Waals surface area contributed by atoms with Gasteiger partial charge in [0, 0.05) is 38.0 Å². The maximum atomic E-state index is 11.3. The van der Waals surface area contributed by atoms with Gasteiger partial charge in [-0.2, -0.15) is 0 Å². The van der Waals surface area contributed by atoms with E-state index in [0.717, 1.165) is 0 Å². The minimum atomic E-state index is -0.488. The van der Waals surface area contributed by atoms with Crippen LogP contribution in [0.5, 0.6) is 17.2 Å². The topological polar surface area (TPSA) is 105 Å². The fourth-order valence-corrected chi connectivity index (χ4v) is 2.36. The second-order valence-electron chi connectivity index (χ2n) is 5.76. The van der Waals surface area contributed by atoms with Crippen molar-refractivity contribution in [2.45, 2.75) is 27.2 Å². The molecule has 0 aliphatic rings. The number of aryl methyl sites for hydroxylation is 1. The number of nitrogens with zero attached hydrogens (tertiary/aromatic N) is 1. The largest absolute Gasteiger partial charge is 0.493 e. The van der Waals surface area contributed by atoms with Crippen LogP contribution >= 0.6 is 0 Å². The van der Waals surface area contributed by atoms with Crippen molar-refractivity contribution in [3.05, 3.63) is 57.6 Å². The van der Waals surface area contributed by atoms with Crippen LogP contribution in [-0.2, 0) is 16.0 Å². The summed E-state index contributed by atoms with van der Waals surface area (Å²) in [5.41, 5.74) is 1.26. The summed E-state index contributed by atoms with van der Waals surface area (Å²) in [5.74, 6) is 0.299. The van der Waals surface area contributed by atoms with E-state index in [1.54, 1.807) is 19.1 Å². The third-order valence-corrected chi connectivity index (χ3v) is 3.55. The summed E-state index contributed by atoms with van der Waals surface area (Å²) in [6, 6.07) is 8.97. The van der Waals surface area contributed by atoms with Gasteiger partial charge in [0.25, 0.3) is 5.69 Å². The molecule has 0 aliphatic heterocycles. The van der Waals surface area contributed by atoms with Gasteiger partial charge >= 0.3 is 11.9 Å². The lowest BCUT2D eigenvalue weighted by molar-refractivity contribution is -0.384. The zero-order valence-electron chi connectivity index (χ0n) is 15.2. The molecule has 0 bridgehead atoms. The van der Waals surface area contributed by atoms with Crippen molar-refractivity contribution >= 4 is 17.6 Å². The average Bonchev–Trinajstić information content (AvgIpc) is 2.58. The first kappa shape index (κ1) is 19.9. The molecule has 142 valence electrons. The van der Waals surface area contributed by atoms with Gasteiger partial charge < -0.3 is 14.2 Å². The molecule has 0 atom stereocenters. The van der Waals surface area contributed by atoms with E-state index in [2.05, 4.69) is 0 Å². The van der Waals surface area contributed by atoms with E-state index in [-0.39, 0.29) is 12.3 Å². The Bertz CT molecular complexity index is 859. The predicted molar refractivity (Wildman–Crippen MR) is 96.1 cm³/mol.